The van der Waals surface area contributed by atoms with Gasteiger partial charge in [0.25, 0.3) is 0 Å². The van der Waals surface area contributed by atoms with Gasteiger partial charge >= 0.3 is 0 Å². The van der Waals surface area contributed by atoms with Crippen LogP contribution in [0.4, 0.5) is 0 Å². The summed E-state index contributed by atoms with van der Waals surface area (Å²) < 4.78 is 0. The van der Waals surface area contributed by atoms with Gasteiger partial charge in [-0.1, -0.05) is 13.8 Å². The van der Waals surface area contributed by atoms with Crippen LogP contribution < -0.4 is 5.32 Å². The standard InChI is InChI=1S/C13H28N2O/c1-4-13(11-16,14-12-7-8-12)9-6-10-15(3)5-2/h12,14,16H,4-11H2,1-3H3. The first kappa shape index (κ1) is 13.9. The second kappa shape index (κ2) is 6.58. The lowest BCUT2D eigenvalue weighted by Crippen LogP contribution is -2.49. The van der Waals surface area contributed by atoms with Crippen molar-refractivity contribution in [2.75, 3.05) is 26.7 Å². The van der Waals surface area contributed by atoms with Gasteiger partial charge in [0.05, 0.1) is 6.61 Å². The van der Waals surface area contributed by atoms with Crippen molar-refractivity contribution in [3.05, 3.63) is 0 Å². The minimum Gasteiger partial charge on any atom is -0.394 e. The molecule has 0 bridgehead atoms. The molecule has 3 heteroatoms. The summed E-state index contributed by atoms with van der Waals surface area (Å²) in [5.41, 5.74) is -0.0181. The highest BCUT2D eigenvalue weighted by molar-refractivity contribution is 4.94. The Labute approximate surface area is 100 Å². The van der Waals surface area contributed by atoms with Crippen LogP contribution in [0.2, 0.25) is 0 Å². The predicted molar refractivity (Wildman–Crippen MR) is 68.7 cm³/mol. The van der Waals surface area contributed by atoms with Crippen LogP contribution in [0.3, 0.4) is 0 Å². The summed E-state index contributed by atoms with van der Waals surface area (Å²) in [7, 11) is 2.15. The SMILES string of the molecule is CCN(C)CCCC(CC)(CO)NC1CC1. The number of aliphatic hydroxyl groups is 1. The van der Waals surface area contributed by atoms with Crippen molar-refractivity contribution in [2.24, 2.45) is 0 Å². The van der Waals surface area contributed by atoms with E-state index in [0.717, 1.165) is 25.9 Å². The van der Waals surface area contributed by atoms with Gasteiger partial charge in [-0.3, -0.25) is 0 Å². The van der Waals surface area contributed by atoms with Crippen molar-refractivity contribution in [2.45, 2.75) is 57.5 Å². The fourth-order valence-corrected chi connectivity index (χ4v) is 2.09. The van der Waals surface area contributed by atoms with E-state index in [2.05, 4.69) is 31.1 Å². The molecule has 1 atom stereocenters. The Balaban J connectivity index is 2.30. The molecule has 0 saturated heterocycles. The molecule has 0 aromatic heterocycles. The van der Waals surface area contributed by atoms with Crippen LogP contribution in [-0.2, 0) is 0 Å². The zero-order valence-corrected chi connectivity index (χ0v) is 11.1. The zero-order chi connectivity index (χ0) is 12.0. The molecule has 0 aromatic rings. The van der Waals surface area contributed by atoms with E-state index in [1.807, 2.05) is 0 Å². The van der Waals surface area contributed by atoms with Gasteiger partial charge in [0, 0.05) is 11.6 Å². The summed E-state index contributed by atoms with van der Waals surface area (Å²) in [6.45, 7) is 6.87. The summed E-state index contributed by atoms with van der Waals surface area (Å²) >= 11 is 0. The molecule has 1 aliphatic rings. The maximum atomic E-state index is 9.60. The van der Waals surface area contributed by atoms with E-state index in [1.54, 1.807) is 0 Å². The largest absolute Gasteiger partial charge is 0.394 e. The molecular weight excluding hydrogens is 200 g/mol. The number of nitrogens with zero attached hydrogens (tertiary/aromatic N) is 1. The van der Waals surface area contributed by atoms with Crippen LogP contribution in [0, 0.1) is 0 Å². The maximum absolute atomic E-state index is 9.60. The average Bonchev–Trinajstić information content (AvgIpc) is 3.11. The summed E-state index contributed by atoms with van der Waals surface area (Å²) in [5, 5.41) is 13.2. The molecule has 16 heavy (non-hydrogen) atoms. The second-order valence-corrected chi connectivity index (χ2v) is 5.21. The first-order valence-corrected chi connectivity index (χ1v) is 6.73. The molecule has 1 fully saturated rings. The Morgan fingerprint density at radius 3 is 2.50 bits per heavy atom. The van der Waals surface area contributed by atoms with Gasteiger partial charge in [0.15, 0.2) is 0 Å². The molecule has 1 saturated carbocycles. The van der Waals surface area contributed by atoms with Crippen LogP contribution in [0.5, 0.6) is 0 Å². The fourth-order valence-electron chi connectivity index (χ4n) is 2.09. The van der Waals surface area contributed by atoms with E-state index in [9.17, 15) is 5.11 Å². The third kappa shape index (κ3) is 4.40. The number of hydrogen-bond acceptors (Lipinski definition) is 3. The molecule has 1 rings (SSSR count). The Bertz CT molecular complexity index is 188. The molecule has 0 amide bonds. The highest BCUT2D eigenvalue weighted by Crippen LogP contribution is 2.26. The van der Waals surface area contributed by atoms with Crippen LogP contribution in [0.15, 0.2) is 0 Å². The Morgan fingerprint density at radius 1 is 1.38 bits per heavy atom. The molecule has 0 spiro atoms. The topological polar surface area (TPSA) is 35.5 Å². The van der Waals surface area contributed by atoms with Gasteiger partial charge in [-0.05, 0) is 52.2 Å². The Morgan fingerprint density at radius 2 is 2.06 bits per heavy atom. The van der Waals surface area contributed by atoms with Crippen molar-refractivity contribution in [1.82, 2.24) is 10.2 Å². The zero-order valence-electron chi connectivity index (χ0n) is 11.1. The fraction of sp³-hybridized carbons (Fsp3) is 1.00. The van der Waals surface area contributed by atoms with Gasteiger partial charge in [-0.2, -0.15) is 0 Å². The average molecular weight is 228 g/mol. The quantitative estimate of drug-likeness (QED) is 0.629. The molecule has 0 radical (unpaired) electrons. The van der Waals surface area contributed by atoms with Crippen molar-refractivity contribution >= 4 is 0 Å². The number of rotatable bonds is 9. The van der Waals surface area contributed by atoms with Gasteiger partial charge in [0.1, 0.15) is 0 Å². The highest BCUT2D eigenvalue weighted by Gasteiger charge is 2.33. The highest BCUT2D eigenvalue weighted by atomic mass is 16.3. The lowest BCUT2D eigenvalue weighted by atomic mass is 9.91. The molecule has 0 aliphatic heterocycles. The van der Waals surface area contributed by atoms with Crippen LogP contribution in [-0.4, -0.2) is 48.3 Å². The molecule has 0 heterocycles. The van der Waals surface area contributed by atoms with E-state index in [1.165, 1.54) is 19.3 Å². The minimum atomic E-state index is -0.0181. The van der Waals surface area contributed by atoms with Crippen LogP contribution in [0.1, 0.15) is 46.0 Å². The van der Waals surface area contributed by atoms with Crippen molar-refractivity contribution in [3.63, 3.8) is 0 Å². The van der Waals surface area contributed by atoms with Gasteiger partial charge in [-0.25, -0.2) is 0 Å². The summed E-state index contributed by atoms with van der Waals surface area (Å²) in [5.74, 6) is 0. The maximum Gasteiger partial charge on any atom is 0.0613 e. The smallest absolute Gasteiger partial charge is 0.0613 e. The molecule has 2 N–H and O–H groups in total. The Hall–Kier alpha value is -0.120. The summed E-state index contributed by atoms with van der Waals surface area (Å²) in [6, 6.07) is 0.677. The molecule has 3 nitrogen and oxygen atoms in total. The van der Waals surface area contributed by atoms with Gasteiger partial charge < -0.3 is 15.3 Å². The minimum absolute atomic E-state index is 0.0181. The second-order valence-electron chi connectivity index (χ2n) is 5.21. The molecule has 1 aliphatic carbocycles. The number of hydrogen-bond donors (Lipinski definition) is 2. The van der Waals surface area contributed by atoms with Crippen molar-refractivity contribution in [1.29, 1.82) is 0 Å². The first-order chi connectivity index (χ1) is 7.65. The summed E-state index contributed by atoms with van der Waals surface area (Å²) in [6.07, 6.45) is 5.85. The van der Waals surface area contributed by atoms with Crippen molar-refractivity contribution < 1.29 is 5.11 Å². The third-order valence-electron chi connectivity index (χ3n) is 3.80. The van der Waals surface area contributed by atoms with E-state index in [-0.39, 0.29) is 12.1 Å². The van der Waals surface area contributed by atoms with Crippen molar-refractivity contribution in [3.8, 4) is 0 Å². The van der Waals surface area contributed by atoms with Gasteiger partial charge in [0.2, 0.25) is 0 Å². The Kier molecular flexibility index (Phi) is 5.73. The molecule has 96 valence electrons. The predicted octanol–water partition coefficient (Wildman–Crippen LogP) is 1.61. The van der Waals surface area contributed by atoms with E-state index >= 15 is 0 Å². The number of nitrogens with one attached hydrogen (secondary N) is 1. The monoisotopic (exact) mass is 228 g/mol. The molecule has 0 aromatic carbocycles. The lowest BCUT2D eigenvalue weighted by molar-refractivity contribution is 0.138. The normalized spacial score (nSPS) is 20.1. The summed E-state index contributed by atoms with van der Waals surface area (Å²) in [4.78, 5) is 2.33. The van der Waals surface area contributed by atoms with E-state index in [4.69, 9.17) is 0 Å². The van der Waals surface area contributed by atoms with Gasteiger partial charge in [-0.15, -0.1) is 0 Å². The van der Waals surface area contributed by atoms with Crippen LogP contribution in [0.25, 0.3) is 0 Å². The molecular formula is C13H28N2O. The van der Waals surface area contributed by atoms with E-state index in [0.29, 0.717) is 6.04 Å². The van der Waals surface area contributed by atoms with E-state index < -0.39 is 0 Å². The van der Waals surface area contributed by atoms with Crippen LogP contribution >= 0.6 is 0 Å². The first-order valence-electron chi connectivity index (χ1n) is 6.73. The molecule has 1 unspecified atom stereocenters. The number of aliphatic hydroxyl groups excluding tert-OH is 1. The third-order valence-corrected chi connectivity index (χ3v) is 3.80. The lowest BCUT2D eigenvalue weighted by Gasteiger charge is -2.33.